The molecule has 1 heterocycles. The third-order valence-corrected chi connectivity index (χ3v) is 5.19. The average Bonchev–Trinajstić information content (AvgIpc) is 2.65. The van der Waals surface area contributed by atoms with Gasteiger partial charge in [-0.15, -0.1) is 0 Å². The van der Waals surface area contributed by atoms with Crippen LogP contribution in [0.1, 0.15) is 50.9 Å². The summed E-state index contributed by atoms with van der Waals surface area (Å²) in [6.45, 7) is 10.0. The molecule has 0 spiro atoms. The molecule has 1 atom stereocenters. The molecule has 28 heavy (non-hydrogen) atoms. The SMILES string of the molecule is COc1ccc(C(=O)NC(C(N)=O)C(C)C)cc1OC1CCN(C(C)C)CC1. The van der Waals surface area contributed by atoms with E-state index in [2.05, 4.69) is 24.1 Å². The van der Waals surface area contributed by atoms with E-state index in [1.165, 1.54) is 0 Å². The highest BCUT2D eigenvalue weighted by Gasteiger charge is 2.25. The second-order valence-corrected chi connectivity index (χ2v) is 7.91. The van der Waals surface area contributed by atoms with Crippen LogP contribution in [0, 0.1) is 5.92 Å². The van der Waals surface area contributed by atoms with Crippen molar-refractivity contribution in [3.05, 3.63) is 23.8 Å². The summed E-state index contributed by atoms with van der Waals surface area (Å²) in [5.74, 6) is 0.114. The van der Waals surface area contributed by atoms with Crippen LogP contribution >= 0.6 is 0 Å². The van der Waals surface area contributed by atoms with Crippen LogP contribution in [0.3, 0.4) is 0 Å². The van der Waals surface area contributed by atoms with E-state index in [4.69, 9.17) is 15.2 Å². The van der Waals surface area contributed by atoms with Gasteiger partial charge in [0.1, 0.15) is 12.1 Å². The summed E-state index contributed by atoms with van der Waals surface area (Å²) < 4.78 is 11.6. The summed E-state index contributed by atoms with van der Waals surface area (Å²) >= 11 is 0. The van der Waals surface area contributed by atoms with Crippen LogP contribution in [0.25, 0.3) is 0 Å². The predicted molar refractivity (Wildman–Crippen MR) is 109 cm³/mol. The van der Waals surface area contributed by atoms with E-state index in [0.717, 1.165) is 25.9 Å². The lowest BCUT2D eigenvalue weighted by Gasteiger charge is -2.34. The average molecular weight is 392 g/mol. The number of piperidine rings is 1. The summed E-state index contributed by atoms with van der Waals surface area (Å²) in [6.07, 6.45) is 1.93. The van der Waals surface area contributed by atoms with Crippen LogP contribution in [-0.4, -0.2) is 55.1 Å². The Kier molecular flexibility index (Phi) is 7.69. The van der Waals surface area contributed by atoms with Crippen LogP contribution in [-0.2, 0) is 4.79 Å². The molecule has 1 aromatic carbocycles. The molecule has 2 rings (SSSR count). The van der Waals surface area contributed by atoms with Gasteiger partial charge in [-0.25, -0.2) is 0 Å². The maximum absolute atomic E-state index is 12.6. The molecule has 1 saturated heterocycles. The number of nitrogens with one attached hydrogen (secondary N) is 1. The monoisotopic (exact) mass is 391 g/mol. The van der Waals surface area contributed by atoms with Crippen molar-refractivity contribution >= 4 is 11.8 Å². The Morgan fingerprint density at radius 2 is 1.79 bits per heavy atom. The minimum absolute atomic E-state index is 0.0799. The minimum Gasteiger partial charge on any atom is -0.493 e. The third kappa shape index (κ3) is 5.61. The van der Waals surface area contributed by atoms with Gasteiger partial charge in [-0.05, 0) is 50.8 Å². The fourth-order valence-electron chi connectivity index (χ4n) is 3.39. The maximum atomic E-state index is 12.6. The molecule has 1 aliphatic rings. The lowest BCUT2D eigenvalue weighted by atomic mass is 10.0. The van der Waals surface area contributed by atoms with E-state index in [1.807, 2.05) is 13.8 Å². The standard InChI is InChI=1S/C21H33N3O4/c1-13(2)19(20(22)25)23-21(26)15-6-7-17(27-5)18(12-15)28-16-8-10-24(11-9-16)14(3)4/h6-7,12-14,16,19H,8-11H2,1-5H3,(H2,22,25)(H,23,26). The Morgan fingerprint density at radius 3 is 2.29 bits per heavy atom. The first kappa shape index (κ1) is 22.0. The Hall–Kier alpha value is -2.28. The second-order valence-electron chi connectivity index (χ2n) is 7.91. The molecule has 1 aliphatic heterocycles. The topological polar surface area (TPSA) is 93.9 Å². The van der Waals surface area contributed by atoms with Crippen molar-refractivity contribution < 1.29 is 19.1 Å². The molecule has 0 aliphatic carbocycles. The maximum Gasteiger partial charge on any atom is 0.252 e. The van der Waals surface area contributed by atoms with Crippen molar-refractivity contribution in [3.8, 4) is 11.5 Å². The van der Waals surface area contributed by atoms with E-state index < -0.39 is 11.9 Å². The van der Waals surface area contributed by atoms with Crippen molar-refractivity contribution in [2.75, 3.05) is 20.2 Å². The van der Waals surface area contributed by atoms with Crippen molar-refractivity contribution in [1.29, 1.82) is 0 Å². The second kappa shape index (κ2) is 9.78. The summed E-state index contributed by atoms with van der Waals surface area (Å²) in [4.78, 5) is 26.6. The smallest absolute Gasteiger partial charge is 0.252 e. The first-order chi connectivity index (χ1) is 13.2. The van der Waals surface area contributed by atoms with Crippen LogP contribution in [0.2, 0.25) is 0 Å². The number of carbonyl (C=O) groups is 2. The van der Waals surface area contributed by atoms with Gasteiger partial charge < -0.3 is 25.4 Å². The highest BCUT2D eigenvalue weighted by molar-refractivity contribution is 5.97. The zero-order valence-corrected chi connectivity index (χ0v) is 17.5. The van der Waals surface area contributed by atoms with Crippen molar-refractivity contribution in [2.24, 2.45) is 11.7 Å². The van der Waals surface area contributed by atoms with Crippen LogP contribution in [0.4, 0.5) is 0 Å². The number of hydrogen-bond acceptors (Lipinski definition) is 5. The van der Waals surface area contributed by atoms with E-state index in [0.29, 0.717) is 23.1 Å². The fraction of sp³-hybridized carbons (Fsp3) is 0.619. The van der Waals surface area contributed by atoms with Crippen LogP contribution in [0.5, 0.6) is 11.5 Å². The number of likely N-dealkylation sites (tertiary alicyclic amines) is 1. The van der Waals surface area contributed by atoms with Crippen LogP contribution < -0.4 is 20.5 Å². The first-order valence-corrected chi connectivity index (χ1v) is 9.91. The number of amides is 2. The molecule has 1 aromatic rings. The number of methoxy groups -OCH3 is 1. The molecule has 2 amide bonds. The van der Waals surface area contributed by atoms with Gasteiger partial charge in [0.05, 0.1) is 7.11 Å². The minimum atomic E-state index is -0.723. The fourth-order valence-corrected chi connectivity index (χ4v) is 3.39. The van der Waals surface area contributed by atoms with Gasteiger partial charge in [-0.3, -0.25) is 9.59 Å². The molecular weight excluding hydrogens is 358 g/mol. The van der Waals surface area contributed by atoms with Gasteiger partial charge in [0.2, 0.25) is 5.91 Å². The van der Waals surface area contributed by atoms with Gasteiger partial charge >= 0.3 is 0 Å². The Balaban J connectivity index is 2.11. The summed E-state index contributed by atoms with van der Waals surface area (Å²) in [6, 6.07) is 4.84. The van der Waals surface area contributed by atoms with Crippen molar-refractivity contribution in [1.82, 2.24) is 10.2 Å². The Bertz CT molecular complexity index is 682. The number of primary amides is 1. The van der Waals surface area contributed by atoms with Gasteiger partial charge in [-0.1, -0.05) is 13.8 Å². The number of nitrogens with zero attached hydrogens (tertiary/aromatic N) is 1. The number of carbonyl (C=O) groups excluding carboxylic acids is 2. The highest BCUT2D eigenvalue weighted by atomic mass is 16.5. The molecule has 7 heteroatoms. The molecule has 156 valence electrons. The quantitative estimate of drug-likeness (QED) is 0.708. The summed E-state index contributed by atoms with van der Waals surface area (Å²) in [5.41, 5.74) is 5.80. The highest BCUT2D eigenvalue weighted by Crippen LogP contribution is 2.31. The zero-order valence-electron chi connectivity index (χ0n) is 17.5. The molecule has 1 fully saturated rings. The number of nitrogens with two attached hydrogens (primary N) is 1. The molecule has 0 saturated carbocycles. The molecule has 0 aromatic heterocycles. The normalized spacial score (nSPS) is 16.8. The lowest BCUT2D eigenvalue weighted by molar-refractivity contribution is -0.120. The molecule has 1 unspecified atom stereocenters. The van der Waals surface area contributed by atoms with Crippen molar-refractivity contribution in [2.45, 2.75) is 58.7 Å². The Labute approximate surface area is 167 Å². The molecule has 7 nitrogen and oxygen atoms in total. The molecule has 0 bridgehead atoms. The predicted octanol–water partition coefficient (Wildman–Crippen LogP) is 2.19. The van der Waals surface area contributed by atoms with E-state index in [9.17, 15) is 9.59 Å². The number of hydrogen-bond donors (Lipinski definition) is 2. The van der Waals surface area contributed by atoms with Gasteiger partial charge in [0.15, 0.2) is 11.5 Å². The van der Waals surface area contributed by atoms with Gasteiger partial charge in [0, 0.05) is 24.7 Å². The summed E-state index contributed by atoms with van der Waals surface area (Å²) in [7, 11) is 1.57. The largest absolute Gasteiger partial charge is 0.493 e. The van der Waals surface area contributed by atoms with E-state index in [1.54, 1.807) is 25.3 Å². The van der Waals surface area contributed by atoms with Crippen LogP contribution in [0.15, 0.2) is 18.2 Å². The van der Waals surface area contributed by atoms with Gasteiger partial charge in [0.25, 0.3) is 5.91 Å². The third-order valence-electron chi connectivity index (χ3n) is 5.19. The first-order valence-electron chi connectivity index (χ1n) is 9.91. The van der Waals surface area contributed by atoms with E-state index in [-0.39, 0.29) is 17.9 Å². The number of ether oxygens (including phenoxy) is 2. The molecule has 3 N–H and O–H groups in total. The van der Waals surface area contributed by atoms with E-state index >= 15 is 0 Å². The zero-order chi connectivity index (χ0) is 20.8. The van der Waals surface area contributed by atoms with Gasteiger partial charge in [-0.2, -0.15) is 0 Å². The lowest BCUT2D eigenvalue weighted by Crippen LogP contribution is -2.47. The Morgan fingerprint density at radius 1 is 1.14 bits per heavy atom. The molecule has 0 radical (unpaired) electrons. The number of rotatable bonds is 8. The number of benzene rings is 1. The molecular formula is C21H33N3O4. The summed E-state index contributed by atoms with van der Waals surface area (Å²) in [5, 5.41) is 2.70. The van der Waals surface area contributed by atoms with Crippen molar-refractivity contribution in [3.63, 3.8) is 0 Å².